The van der Waals surface area contributed by atoms with Crippen molar-refractivity contribution in [3.05, 3.63) is 29.8 Å². The fraction of sp³-hybridized carbons (Fsp3) is 0.182. The molecule has 0 fully saturated rings. The lowest BCUT2D eigenvalue weighted by Gasteiger charge is -1.91. The third kappa shape index (κ3) is 3.57. The summed E-state index contributed by atoms with van der Waals surface area (Å²) in [4.78, 5) is 13.5. The van der Waals surface area contributed by atoms with Crippen molar-refractivity contribution in [2.24, 2.45) is 4.99 Å². The van der Waals surface area contributed by atoms with Crippen LogP contribution in [0.1, 0.15) is 12.0 Å². The molecule has 0 amide bonds. The van der Waals surface area contributed by atoms with E-state index in [2.05, 4.69) is 32.8 Å². The van der Waals surface area contributed by atoms with Crippen LogP contribution in [-0.2, 0) is 4.79 Å². The molecule has 1 rings (SSSR count). The van der Waals surface area contributed by atoms with Crippen molar-refractivity contribution in [2.45, 2.75) is 6.42 Å². The zero-order chi connectivity index (χ0) is 10.2. The van der Waals surface area contributed by atoms with Gasteiger partial charge in [0.1, 0.15) is 0 Å². The second-order valence-electron chi connectivity index (χ2n) is 2.49. The molecule has 1 aromatic rings. The Morgan fingerprint density at radius 3 is 3.00 bits per heavy atom. The van der Waals surface area contributed by atoms with E-state index in [0.717, 1.165) is 17.3 Å². The van der Waals surface area contributed by atoms with Crippen molar-refractivity contribution in [3.8, 4) is 11.8 Å². The Bertz CT molecular complexity index is 411. The van der Waals surface area contributed by atoms with E-state index in [1.807, 2.05) is 12.1 Å². The maximum Gasteiger partial charge on any atom is 0.240 e. The van der Waals surface area contributed by atoms with Crippen LogP contribution in [0.25, 0.3) is 0 Å². The molecular formula is C11H8BrNO. The molecule has 0 saturated heterocycles. The fourth-order valence-electron chi connectivity index (χ4n) is 0.918. The van der Waals surface area contributed by atoms with Crippen molar-refractivity contribution in [1.29, 1.82) is 0 Å². The van der Waals surface area contributed by atoms with Gasteiger partial charge in [0.05, 0.1) is 5.69 Å². The molecular weight excluding hydrogens is 242 g/mol. The maximum absolute atomic E-state index is 10.0. The van der Waals surface area contributed by atoms with Gasteiger partial charge in [-0.05, 0) is 18.2 Å². The molecule has 2 nitrogen and oxygen atoms in total. The topological polar surface area (TPSA) is 29.4 Å². The highest BCUT2D eigenvalue weighted by Crippen LogP contribution is 2.12. The van der Waals surface area contributed by atoms with Crippen molar-refractivity contribution in [2.75, 3.05) is 5.33 Å². The largest absolute Gasteiger partial charge is 0.240 e. The van der Waals surface area contributed by atoms with E-state index < -0.39 is 0 Å². The highest BCUT2D eigenvalue weighted by Gasteiger charge is 1.89. The number of halogens is 1. The normalized spacial score (nSPS) is 8.36. The summed E-state index contributed by atoms with van der Waals surface area (Å²) < 4.78 is 0. The van der Waals surface area contributed by atoms with Crippen LogP contribution < -0.4 is 0 Å². The number of hydrogen-bond acceptors (Lipinski definition) is 2. The lowest BCUT2D eigenvalue weighted by molar-refractivity contribution is 0.565. The highest BCUT2D eigenvalue weighted by molar-refractivity contribution is 9.09. The molecule has 0 atom stereocenters. The zero-order valence-corrected chi connectivity index (χ0v) is 9.04. The Morgan fingerprint density at radius 1 is 1.43 bits per heavy atom. The van der Waals surface area contributed by atoms with Gasteiger partial charge in [-0.2, -0.15) is 4.99 Å². The predicted octanol–water partition coefficient (Wildman–Crippen LogP) is 2.79. The second kappa shape index (κ2) is 6.15. The van der Waals surface area contributed by atoms with Gasteiger partial charge >= 0.3 is 0 Å². The van der Waals surface area contributed by atoms with E-state index in [-0.39, 0.29) is 0 Å². The van der Waals surface area contributed by atoms with Gasteiger partial charge in [0.2, 0.25) is 6.08 Å². The van der Waals surface area contributed by atoms with Crippen LogP contribution in [0.3, 0.4) is 0 Å². The molecule has 0 aliphatic carbocycles. The van der Waals surface area contributed by atoms with E-state index in [1.54, 1.807) is 12.1 Å². The fourth-order valence-corrected chi connectivity index (χ4v) is 1.12. The summed E-state index contributed by atoms with van der Waals surface area (Å²) in [5.74, 6) is 5.96. The first-order valence-corrected chi connectivity index (χ1v) is 5.21. The molecule has 70 valence electrons. The SMILES string of the molecule is O=C=Nc1cccc(C#CCCBr)c1. The molecule has 0 N–H and O–H groups in total. The van der Waals surface area contributed by atoms with E-state index in [0.29, 0.717) is 5.69 Å². The molecule has 0 radical (unpaired) electrons. The lowest BCUT2D eigenvalue weighted by atomic mass is 10.2. The third-order valence-corrected chi connectivity index (χ3v) is 1.87. The van der Waals surface area contributed by atoms with Gasteiger partial charge in [0.25, 0.3) is 0 Å². The number of aliphatic imine (C=N–C) groups is 1. The van der Waals surface area contributed by atoms with Crippen LogP contribution in [0.2, 0.25) is 0 Å². The molecule has 0 aliphatic rings. The van der Waals surface area contributed by atoms with Gasteiger partial charge in [-0.15, -0.1) is 0 Å². The molecule has 14 heavy (non-hydrogen) atoms. The van der Waals surface area contributed by atoms with Crippen molar-refractivity contribution < 1.29 is 4.79 Å². The van der Waals surface area contributed by atoms with E-state index in [1.165, 1.54) is 6.08 Å². The Hall–Kier alpha value is -1.36. The van der Waals surface area contributed by atoms with Crippen LogP contribution in [0.4, 0.5) is 5.69 Å². The van der Waals surface area contributed by atoms with Crippen LogP contribution in [0.5, 0.6) is 0 Å². The zero-order valence-electron chi connectivity index (χ0n) is 7.46. The summed E-state index contributed by atoms with van der Waals surface area (Å²) in [5, 5.41) is 0.867. The number of rotatable bonds is 2. The van der Waals surface area contributed by atoms with Gasteiger partial charge in [-0.3, -0.25) is 0 Å². The van der Waals surface area contributed by atoms with Gasteiger partial charge in [-0.25, -0.2) is 4.79 Å². The van der Waals surface area contributed by atoms with Gasteiger partial charge in [-0.1, -0.05) is 33.8 Å². The van der Waals surface area contributed by atoms with E-state index >= 15 is 0 Å². The first-order chi connectivity index (χ1) is 6.86. The number of alkyl halides is 1. The molecule has 0 bridgehead atoms. The first-order valence-electron chi connectivity index (χ1n) is 4.09. The summed E-state index contributed by atoms with van der Waals surface area (Å²) in [6, 6.07) is 7.19. The summed E-state index contributed by atoms with van der Waals surface area (Å²) in [7, 11) is 0. The lowest BCUT2D eigenvalue weighted by Crippen LogP contribution is -1.74. The summed E-state index contributed by atoms with van der Waals surface area (Å²) in [6.45, 7) is 0. The maximum atomic E-state index is 10.0. The molecule has 3 heteroatoms. The summed E-state index contributed by atoms with van der Waals surface area (Å²) in [5.41, 5.74) is 1.45. The molecule has 1 aromatic carbocycles. The number of hydrogen-bond donors (Lipinski definition) is 0. The van der Waals surface area contributed by atoms with Crippen molar-refractivity contribution >= 4 is 27.7 Å². The minimum atomic E-state index is 0.589. The standard InChI is InChI=1S/C11H8BrNO/c12-7-2-1-4-10-5-3-6-11(8-10)13-9-14/h3,5-6,8H,2,7H2. The van der Waals surface area contributed by atoms with Crippen LogP contribution >= 0.6 is 15.9 Å². The van der Waals surface area contributed by atoms with Gasteiger partial charge in [0, 0.05) is 17.3 Å². The van der Waals surface area contributed by atoms with Crippen molar-refractivity contribution in [1.82, 2.24) is 0 Å². The smallest absolute Gasteiger partial charge is 0.211 e. The third-order valence-electron chi connectivity index (χ3n) is 1.47. The van der Waals surface area contributed by atoms with Crippen LogP contribution in [-0.4, -0.2) is 11.4 Å². The molecule has 0 spiro atoms. The summed E-state index contributed by atoms with van der Waals surface area (Å²) >= 11 is 3.29. The predicted molar refractivity (Wildman–Crippen MR) is 59.5 cm³/mol. The Kier molecular flexibility index (Phi) is 4.71. The number of benzene rings is 1. The van der Waals surface area contributed by atoms with Gasteiger partial charge in [0.15, 0.2) is 0 Å². The molecule has 0 unspecified atom stereocenters. The minimum Gasteiger partial charge on any atom is -0.211 e. The van der Waals surface area contributed by atoms with Crippen molar-refractivity contribution in [3.63, 3.8) is 0 Å². The number of nitrogens with zero attached hydrogens (tertiary/aromatic N) is 1. The molecule has 0 aliphatic heterocycles. The highest BCUT2D eigenvalue weighted by atomic mass is 79.9. The molecule has 0 saturated carbocycles. The molecule has 0 heterocycles. The minimum absolute atomic E-state index is 0.589. The Labute approximate surface area is 91.2 Å². The van der Waals surface area contributed by atoms with E-state index in [4.69, 9.17) is 0 Å². The monoisotopic (exact) mass is 249 g/mol. The van der Waals surface area contributed by atoms with Crippen LogP contribution in [0.15, 0.2) is 29.3 Å². The average Bonchev–Trinajstić information content (AvgIpc) is 2.19. The van der Waals surface area contributed by atoms with Gasteiger partial charge < -0.3 is 0 Å². The molecule has 0 aromatic heterocycles. The first kappa shape index (κ1) is 10.7. The average molecular weight is 250 g/mol. The Balaban J connectivity index is 2.84. The number of isocyanates is 1. The quantitative estimate of drug-likeness (QED) is 0.343. The number of carbonyl (C=O) groups excluding carboxylic acids is 1. The van der Waals surface area contributed by atoms with E-state index in [9.17, 15) is 4.79 Å². The Morgan fingerprint density at radius 2 is 2.29 bits per heavy atom. The summed E-state index contributed by atoms with van der Waals surface area (Å²) in [6.07, 6.45) is 2.30. The second-order valence-corrected chi connectivity index (χ2v) is 3.29. The van der Waals surface area contributed by atoms with Crippen LogP contribution in [0, 0.1) is 11.8 Å².